The van der Waals surface area contributed by atoms with E-state index >= 15 is 0 Å². The van der Waals surface area contributed by atoms with Crippen LogP contribution in [0, 0.1) is 5.92 Å². The molecule has 1 aliphatic rings. The van der Waals surface area contributed by atoms with Gasteiger partial charge in [0.05, 0.1) is 12.2 Å². The molecule has 0 saturated carbocycles. The van der Waals surface area contributed by atoms with Crippen LogP contribution < -0.4 is 5.32 Å². The molecule has 0 aliphatic carbocycles. The quantitative estimate of drug-likeness (QED) is 0.795. The average molecular weight is 230 g/mol. The van der Waals surface area contributed by atoms with Crippen LogP contribution in [0.15, 0.2) is 0 Å². The van der Waals surface area contributed by atoms with E-state index in [-0.39, 0.29) is 18.1 Å². The fourth-order valence-corrected chi connectivity index (χ4v) is 2.22. The molecule has 0 aromatic rings. The predicted molar refractivity (Wildman–Crippen MR) is 65.9 cm³/mol. The number of hydrogen-bond acceptors (Lipinski definition) is 3. The zero-order valence-corrected chi connectivity index (χ0v) is 11.1. The molecule has 0 aromatic heterocycles. The van der Waals surface area contributed by atoms with Crippen LogP contribution >= 0.6 is 11.8 Å². The van der Waals surface area contributed by atoms with E-state index in [0.717, 1.165) is 6.54 Å². The second-order valence-corrected chi connectivity index (χ2v) is 5.89. The van der Waals surface area contributed by atoms with Gasteiger partial charge >= 0.3 is 0 Å². The maximum atomic E-state index is 11.9. The minimum Gasteiger partial charge on any atom is -0.324 e. The average Bonchev–Trinajstić information content (AvgIpc) is 2.46. The largest absolute Gasteiger partial charge is 0.324 e. The van der Waals surface area contributed by atoms with Crippen LogP contribution in [0.3, 0.4) is 0 Å². The minimum atomic E-state index is -0.0218. The van der Waals surface area contributed by atoms with Crippen LogP contribution in [0.1, 0.15) is 27.7 Å². The first-order valence-electron chi connectivity index (χ1n) is 5.56. The maximum absolute atomic E-state index is 11.9. The number of amides is 1. The van der Waals surface area contributed by atoms with E-state index in [1.807, 2.05) is 11.8 Å². The molecule has 4 heteroatoms. The highest BCUT2D eigenvalue weighted by atomic mass is 32.2. The summed E-state index contributed by atoms with van der Waals surface area (Å²) in [4.78, 5) is 13.9. The number of thioether (sulfide) groups is 1. The molecule has 15 heavy (non-hydrogen) atoms. The van der Waals surface area contributed by atoms with Gasteiger partial charge in [0.1, 0.15) is 0 Å². The summed E-state index contributed by atoms with van der Waals surface area (Å²) in [7, 11) is 0. The molecule has 3 nitrogen and oxygen atoms in total. The summed E-state index contributed by atoms with van der Waals surface area (Å²) in [5.74, 6) is 0.711. The summed E-state index contributed by atoms with van der Waals surface area (Å²) in [6, 6.07) is -0.0218. The molecule has 0 aromatic carbocycles. The van der Waals surface area contributed by atoms with E-state index in [1.165, 1.54) is 0 Å². The highest BCUT2D eigenvalue weighted by Crippen LogP contribution is 2.20. The number of nitrogens with one attached hydrogen (secondary N) is 1. The number of hydrogen-bond donors (Lipinski definition) is 1. The summed E-state index contributed by atoms with van der Waals surface area (Å²) in [5.41, 5.74) is 0. The lowest BCUT2D eigenvalue weighted by atomic mass is 10.1. The number of nitrogens with zero attached hydrogens (tertiary/aromatic N) is 1. The number of carbonyl (C=O) groups excluding carboxylic acids is 1. The molecule has 0 spiro atoms. The van der Waals surface area contributed by atoms with Gasteiger partial charge in [-0.15, -0.1) is 0 Å². The lowest BCUT2D eigenvalue weighted by molar-refractivity contribution is -0.130. The second kappa shape index (κ2) is 5.21. The standard InChI is InChI=1S/C11H22N2OS/c1-7(2)10-12-9(4)11(14)13(10)6-8(3)15-5/h7-10,12H,6H2,1-5H3. The van der Waals surface area contributed by atoms with Gasteiger partial charge in [-0.25, -0.2) is 0 Å². The maximum Gasteiger partial charge on any atom is 0.240 e. The van der Waals surface area contributed by atoms with E-state index in [9.17, 15) is 4.79 Å². The van der Waals surface area contributed by atoms with Crippen molar-refractivity contribution in [1.29, 1.82) is 0 Å². The van der Waals surface area contributed by atoms with Crippen LogP contribution in [-0.2, 0) is 4.79 Å². The monoisotopic (exact) mass is 230 g/mol. The van der Waals surface area contributed by atoms with Gasteiger partial charge in [-0.1, -0.05) is 20.8 Å². The fraction of sp³-hybridized carbons (Fsp3) is 0.909. The highest BCUT2D eigenvalue weighted by Gasteiger charge is 2.37. The Hall–Kier alpha value is -0.220. The van der Waals surface area contributed by atoms with Gasteiger partial charge in [0, 0.05) is 11.8 Å². The molecule has 1 saturated heterocycles. The lowest BCUT2D eigenvalue weighted by Crippen LogP contribution is -2.43. The number of rotatable bonds is 4. The smallest absolute Gasteiger partial charge is 0.240 e. The van der Waals surface area contributed by atoms with Crippen molar-refractivity contribution < 1.29 is 4.79 Å². The molecule has 1 fully saturated rings. The Kier molecular flexibility index (Phi) is 4.46. The molecule has 1 amide bonds. The van der Waals surface area contributed by atoms with Crippen molar-refractivity contribution in [3.63, 3.8) is 0 Å². The van der Waals surface area contributed by atoms with Crippen molar-refractivity contribution in [2.75, 3.05) is 12.8 Å². The molecule has 1 N–H and O–H groups in total. The summed E-state index contributed by atoms with van der Waals surface area (Å²) in [6.45, 7) is 9.26. The Balaban J connectivity index is 2.68. The van der Waals surface area contributed by atoms with Crippen LogP contribution in [0.2, 0.25) is 0 Å². The Morgan fingerprint density at radius 3 is 2.53 bits per heavy atom. The van der Waals surface area contributed by atoms with Crippen molar-refractivity contribution in [2.24, 2.45) is 5.92 Å². The van der Waals surface area contributed by atoms with Gasteiger partial charge in [-0.3, -0.25) is 10.1 Å². The second-order valence-electron chi connectivity index (χ2n) is 4.61. The molecular weight excluding hydrogens is 208 g/mol. The van der Waals surface area contributed by atoms with Gasteiger partial charge < -0.3 is 4.90 Å². The molecule has 0 radical (unpaired) electrons. The zero-order valence-electron chi connectivity index (χ0n) is 10.3. The van der Waals surface area contributed by atoms with Gasteiger partial charge in [-0.05, 0) is 19.1 Å². The van der Waals surface area contributed by atoms with E-state index in [1.54, 1.807) is 11.8 Å². The van der Waals surface area contributed by atoms with Crippen molar-refractivity contribution in [3.8, 4) is 0 Å². The Labute approximate surface area is 97.0 Å². The highest BCUT2D eigenvalue weighted by molar-refractivity contribution is 7.99. The molecule has 1 aliphatic heterocycles. The first-order valence-corrected chi connectivity index (χ1v) is 6.85. The third-order valence-electron chi connectivity index (χ3n) is 2.90. The zero-order chi connectivity index (χ0) is 11.6. The lowest BCUT2D eigenvalue weighted by Gasteiger charge is -2.29. The van der Waals surface area contributed by atoms with Crippen LogP contribution in [0.4, 0.5) is 0 Å². The summed E-state index contributed by atoms with van der Waals surface area (Å²) >= 11 is 1.81. The first kappa shape index (κ1) is 12.8. The van der Waals surface area contributed by atoms with Crippen LogP contribution in [-0.4, -0.2) is 41.1 Å². The molecule has 3 unspecified atom stereocenters. The third kappa shape index (κ3) is 2.88. The first-order chi connectivity index (χ1) is 6.97. The summed E-state index contributed by atoms with van der Waals surface area (Å²) in [6.07, 6.45) is 2.30. The molecule has 88 valence electrons. The minimum absolute atomic E-state index is 0.0218. The van der Waals surface area contributed by atoms with Gasteiger partial charge in [0.25, 0.3) is 0 Å². The van der Waals surface area contributed by atoms with Gasteiger partial charge in [-0.2, -0.15) is 11.8 Å². The molecule has 1 rings (SSSR count). The number of carbonyl (C=O) groups is 1. The third-order valence-corrected chi connectivity index (χ3v) is 3.85. The van der Waals surface area contributed by atoms with Crippen LogP contribution in [0.5, 0.6) is 0 Å². The van der Waals surface area contributed by atoms with Gasteiger partial charge in [0.15, 0.2) is 0 Å². The molecule has 1 heterocycles. The Morgan fingerprint density at radius 1 is 1.47 bits per heavy atom. The summed E-state index contributed by atoms with van der Waals surface area (Å²) in [5, 5.41) is 3.85. The SMILES string of the molecule is CSC(C)CN1C(=O)C(C)NC1C(C)C. The van der Waals surface area contributed by atoms with E-state index in [2.05, 4.69) is 32.3 Å². The van der Waals surface area contributed by atoms with Crippen molar-refractivity contribution in [1.82, 2.24) is 10.2 Å². The molecule has 3 atom stereocenters. The topological polar surface area (TPSA) is 32.3 Å². The molecule has 0 bridgehead atoms. The fourth-order valence-electron chi connectivity index (χ4n) is 1.91. The van der Waals surface area contributed by atoms with Crippen molar-refractivity contribution in [2.45, 2.75) is 45.2 Å². The predicted octanol–water partition coefficient (Wildman–Crippen LogP) is 1.54. The Morgan fingerprint density at radius 2 is 2.07 bits per heavy atom. The van der Waals surface area contributed by atoms with Gasteiger partial charge in [0.2, 0.25) is 5.91 Å². The van der Waals surface area contributed by atoms with Crippen LogP contribution in [0.25, 0.3) is 0 Å². The van der Waals surface area contributed by atoms with Crippen molar-refractivity contribution >= 4 is 17.7 Å². The summed E-state index contributed by atoms with van der Waals surface area (Å²) < 4.78 is 0. The van der Waals surface area contributed by atoms with Crippen molar-refractivity contribution in [3.05, 3.63) is 0 Å². The van der Waals surface area contributed by atoms with E-state index < -0.39 is 0 Å². The Bertz CT molecular complexity index is 233. The van der Waals surface area contributed by atoms with E-state index in [4.69, 9.17) is 0 Å². The molecular formula is C11H22N2OS. The van der Waals surface area contributed by atoms with E-state index in [0.29, 0.717) is 11.2 Å². The normalized spacial score (nSPS) is 28.9.